The number of rotatable bonds is 7. The first-order valence-corrected chi connectivity index (χ1v) is 17.7. The molecule has 3 atom stereocenters. The lowest BCUT2D eigenvalue weighted by Gasteiger charge is -2.32. The van der Waals surface area contributed by atoms with Gasteiger partial charge in [0.2, 0.25) is 11.9 Å². The van der Waals surface area contributed by atoms with Gasteiger partial charge in [-0.25, -0.2) is 27.2 Å². The molecule has 11 nitrogen and oxygen atoms in total. The molecule has 1 aliphatic carbocycles. The smallest absolute Gasteiger partial charge is 0.410 e. The first-order valence-electron chi connectivity index (χ1n) is 15.9. The third-order valence-electron chi connectivity index (χ3n) is 8.51. The molecule has 2 aliphatic rings. The Morgan fingerprint density at radius 3 is 2.47 bits per heavy atom. The summed E-state index contributed by atoms with van der Waals surface area (Å²) < 4.78 is 34.1. The van der Waals surface area contributed by atoms with Gasteiger partial charge in [0.1, 0.15) is 11.6 Å². The number of amides is 2. The number of fused-ring (bicyclic) bond motifs is 1. The van der Waals surface area contributed by atoms with E-state index in [1.54, 1.807) is 48.7 Å². The summed E-state index contributed by atoms with van der Waals surface area (Å²) in [6.45, 7) is 5.93. The SMILES string of the molecule is CC(C)(C)OC(=O)N1CCC[C@@H]1C(=O)N[C@H]1CCC[C@@H](Nc2ncc(Cl)c(-c3cn(S(=O)(=O)c4ccccc4)c4ccccc34)n2)C1. The van der Waals surface area contributed by atoms with Crippen molar-refractivity contribution in [2.75, 3.05) is 11.9 Å². The van der Waals surface area contributed by atoms with Gasteiger partial charge < -0.3 is 15.4 Å². The summed E-state index contributed by atoms with van der Waals surface area (Å²) >= 11 is 6.63. The van der Waals surface area contributed by atoms with Gasteiger partial charge in [0, 0.05) is 35.8 Å². The van der Waals surface area contributed by atoms with Gasteiger partial charge in [-0.1, -0.05) is 48.0 Å². The molecule has 3 heterocycles. The molecule has 1 saturated heterocycles. The molecular formula is C34H39ClN6O5S. The Bertz CT molecular complexity index is 1890. The van der Waals surface area contributed by atoms with Crippen LogP contribution in [0.5, 0.6) is 0 Å². The predicted octanol–water partition coefficient (Wildman–Crippen LogP) is 6.23. The summed E-state index contributed by atoms with van der Waals surface area (Å²) in [5.74, 6) is 0.196. The van der Waals surface area contributed by atoms with Crippen LogP contribution in [-0.2, 0) is 19.6 Å². The van der Waals surface area contributed by atoms with Crippen molar-refractivity contribution in [1.29, 1.82) is 0 Å². The quantitative estimate of drug-likeness (QED) is 0.235. The molecule has 0 unspecified atom stereocenters. The summed E-state index contributed by atoms with van der Waals surface area (Å²) in [4.78, 5) is 36.9. The van der Waals surface area contributed by atoms with Crippen LogP contribution in [0.2, 0.25) is 5.02 Å². The van der Waals surface area contributed by atoms with Gasteiger partial charge in [-0.05, 0) is 77.5 Å². The maximum Gasteiger partial charge on any atom is 0.410 e. The topological polar surface area (TPSA) is 136 Å². The highest BCUT2D eigenvalue weighted by Crippen LogP contribution is 2.36. The summed E-state index contributed by atoms with van der Waals surface area (Å²) in [6, 6.07) is 14.9. The molecule has 47 heavy (non-hydrogen) atoms. The number of aromatic nitrogens is 3. The van der Waals surface area contributed by atoms with Crippen LogP contribution in [0.25, 0.3) is 22.2 Å². The maximum atomic E-state index is 13.6. The molecule has 0 radical (unpaired) electrons. The van der Waals surface area contributed by atoms with E-state index in [1.165, 1.54) is 15.1 Å². The molecule has 13 heteroatoms. The minimum atomic E-state index is -3.89. The normalized spacial score (nSPS) is 20.3. The van der Waals surface area contributed by atoms with Crippen molar-refractivity contribution in [2.45, 2.75) is 87.9 Å². The Morgan fingerprint density at radius 1 is 0.979 bits per heavy atom. The number of likely N-dealkylation sites (tertiary alicyclic amines) is 1. The number of anilines is 1. The molecule has 1 aliphatic heterocycles. The molecule has 6 rings (SSSR count). The van der Waals surface area contributed by atoms with E-state index < -0.39 is 27.8 Å². The van der Waals surface area contributed by atoms with Gasteiger partial charge in [0.25, 0.3) is 10.0 Å². The fraction of sp³-hybridized carbons (Fsp3) is 0.412. The Kier molecular flexibility index (Phi) is 9.17. The van der Waals surface area contributed by atoms with Crippen LogP contribution in [0.15, 0.2) is 71.9 Å². The van der Waals surface area contributed by atoms with E-state index >= 15 is 0 Å². The molecule has 2 N–H and O–H groups in total. The second kappa shape index (κ2) is 13.2. The number of para-hydroxylation sites is 1. The highest BCUT2D eigenvalue weighted by atomic mass is 35.5. The number of hydrogen-bond donors (Lipinski definition) is 2. The van der Waals surface area contributed by atoms with E-state index in [2.05, 4.69) is 15.6 Å². The van der Waals surface area contributed by atoms with E-state index in [0.29, 0.717) is 47.5 Å². The number of nitrogens with one attached hydrogen (secondary N) is 2. The largest absolute Gasteiger partial charge is 0.444 e. The van der Waals surface area contributed by atoms with Crippen molar-refractivity contribution in [3.63, 3.8) is 0 Å². The monoisotopic (exact) mass is 678 g/mol. The third kappa shape index (κ3) is 7.08. The first-order chi connectivity index (χ1) is 22.4. The summed E-state index contributed by atoms with van der Waals surface area (Å²) in [5, 5.41) is 7.56. The zero-order valence-corrected chi connectivity index (χ0v) is 28.2. The summed E-state index contributed by atoms with van der Waals surface area (Å²) in [7, 11) is -3.89. The van der Waals surface area contributed by atoms with Crippen LogP contribution in [0.3, 0.4) is 0 Å². The number of hydrogen-bond acceptors (Lipinski definition) is 8. The van der Waals surface area contributed by atoms with E-state index in [0.717, 1.165) is 25.7 Å². The van der Waals surface area contributed by atoms with Crippen LogP contribution >= 0.6 is 11.6 Å². The standard InChI is InChI=1S/C34H39ClN6O5S/c1-34(2,3)46-33(43)40-18-10-17-29(40)31(42)37-22-11-9-12-23(19-22)38-32-36-20-27(35)30(39-32)26-21-41(28-16-8-7-15-25(26)28)47(44,45)24-13-5-4-6-14-24/h4-8,13-16,20-23,29H,9-12,17-19H2,1-3H3,(H,37,42)(H,36,38,39)/t22-,23+,29+/m0/s1. The van der Waals surface area contributed by atoms with Gasteiger partial charge in [0.05, 0.1) is 27.3 Å². The van der Waals surface area contributed by atoms with Gasteiger partial charge in [-0.2, -0.15) is 0 Å². The van der Waals surface area contributed by atoms with Crippen LogP contribution in [-0.4, -0.2) is 69.5 Å². The Hall–Kier alpha value is -4.16. The van der Waals surface area contributed by atoms with Crippen LogP contribution in [0.1, 0.15) is 59.3 Å². The second-order valence-corrected chi connectivity index (χ2v) is 15.3. The zero-order valence-electron chi connectivity index (χ0n) is 26.6. The number of carbonyl (C=O) groups excluding carboxylic acids is 2. The molecule has 0 bridgehead atoms. The van der Waals surface area contributed by atoms with Crippen molar-refractivity contribution >= 4 is 50.5 Å². The number of nitrogens with zero attached hydrogens (tertiary/aromatic N) is 4. The van der Waals surface area contributed by atoms with Crippen molar-refractivity contribution in [3.8, 4) is 11.3 Å². The zero-order chi connectivity index (χ0) is 33.3. The summed E-state index contributed by atoms with van der Waals surface area (Å²) in [5.41, 5.74) is 0.847. The predicted molar refractivity (Wildman–Crippen MR) is 181 cm³/mol. The number of carbonyl (C=O) groups is 2. The van der Waals surface area contributed by atoms with Gasteiger partial charge >= 0.3 is 6.09 Å². The fourth-order valence-corrected chi connectivity index (χ4v) is 7.96. The van der Waals surface area contributed by atoms with Gasteiger partial charge in [-0.3, -0.25) is 9.69 Å². The van der Waals surface area contributed by atoms with Crippen molar-refractivity contribution in [2.24, 2.45) is 0 Å². The number of ether oxygens (including phenoxy) is 1. The molecule has 2 aromatic heterocycles. The molecule has 248 valence electrons. The highest BCUT2D eigenvalue weighted by molar-refractivity contribution is 7.90. The molecule has 4 aromatic rings. The molecule has 1 saturated carbocycles. The lowest BCUT2D eigenvalue weighted by atomic mass is 9.90. The molecule has 2 aromatic carbocycles. The Balaban J connectivity index is 1.18. The molecular weight excluding hydrogens is 640 g/mol. The van der Waals surface area contributed by atoms with Crippen molar-refractivity contribution in [3.05, 3.63) is 72.0 Å². The molecule has 0 spiro atoms. The Morgan fingerprint density at radius 2 is 1.70 bits per heavy atom. The number of halogens is 1. The highest BCUT2D eigenvalue weighted by Gasteiger charge is 2.38. The minimum absolute atomic E-state index is 0.0200. The van der Waals surface area contributed by atoms with Gasteiger partial charge in [0.15, 0.2) is 0 Å². The second-order valence-electron chi connectivity index (χ2n) is 13.1. The van der Waals surface area contributed by atoms with Crippen molar-refractivity contribution in [1.82, 2.24) is 24.2 Å². The average molecular weight is 679 g/mol. The van der Waals surface area contributed by atoms with E-state index in [9.17, 15) is 18.0 Å². The molecule has 2 amide bonds. The van der Waals surface area contributed by atoms with E-state index in [-0.39, 0.29) is 27.9 Å². The lowest BCUT2D eigenvalue weighted by molar-refractivity contribution is -0.126. The van der Waals surface area contributed by atoms with Gasteiger partial charge in [-0.15, -0.1) is 0 Å². The van der Waals surface area contributed by atoms with Crippen molar-refractivity contribution < 1.29 is 22.7 Å². The first kappa shape index (κ1) is 32.8. The average Bonchev–Trinajstić information content (AvgIpc) is 3.68. The Labute approximate surface area is 279 Å². The van der Waals surface area contributed by atoms with Crippen LogP contribution < -0.4 is 10.6 Å². The summed E-state index contributed by atoms with van der Waals surface area (Å²) in [6.07, 6.45) is 7.17. The number of benzene rings is 2. The third-order valence-corrected chi connectivity index (χ3v) is 10.5. The maximum absolute atomic E-state index is 13.6. The van der Waals surface area contributed by atoms with Crippen LogP contribution in [0.4, 0.5) is 10.7 Å². The van der Waals surface area contributed by atoms with E-state index in [1.807, 2.05) is 32.9 Å². The lowest BCUT2D eigenvalue weighted by Crippen LogP contribution is -2.51. The minimum Gasteiger partial charge on any atom is -0.444 e. The fourth-order valence-electron chi connectivity index (χ4n) is 6.38. The van der Waals surface area contributed by atoms with E-state index in [4.69, 9.17) is 21.3 Å². The van der Waals surface area contributed by atoms with Crippen LogP contribution in [0, 0.1) is 0 Å². The molecule has 2 fully saturated rings.